The van der Waals surface area contributed by atoms with E-state index in [4.69, 9.17) is 19.3 Å². The van der Waals surface area contributed by atoms with Gasteiger partial charge in [-0.2, -0.15) is 0 Å². The number of esters is 1. The number of rotatable bonds is 7. The molecule has 0 aliphatic carbocycles. The van der Waals surface area contributed by atoms with Gasteiger partial charge in [0.05, 0.1) is 0 Å². The van der Waals surface area contributed by atoms with Crippen molar-refractivity contribution in [2.75, 3.05) is 13.2 Å². The Bertz CT molecular complexity index is 557. The van der Waals surface area contributed by atoms with E-state index in [1.807, 2.05) is 0 Å². The first-order valence-electron chi connectivity index (χ1n) is 6.49. The van der Waals surface area contributed by atoms with Crippen molar-refractivity contribution in [3.8, 4) is 11.5 Å². The van der Waals surface area contributed by atoms with Gasteiger partial charge in [-0.3, -0.25) is 4.79 Å². The summed E-state index contributed by atoms with van der Waals surface area (Å²) in [6.45, 7) is 4.31. The smallest absolute Gasteiger partial charge is 0.344 e. The maximum absolute atomic E-state index is 11.6. The molecule has 1 aromatic rings. The Balaban J connectivity index is 2.73. The van der Waals surface area contributed by atoms with Crippen LogP contribution < -0.4 is 9.47 Å². The van der Waals surface area contributed by atoms with Crippen molar-refractivity contribution < 1.29 is 33.7 Å². The molecular weight excluding hydrogens is 292 g/mol. The first-order valence-corrected chi connectivity index (χ1v) is 6.49. The van der Waals surface area contributed by atoms with Crippen LogP contribution in [0.5, 0.6) is 11.5 Å². The minimum absolute atomic E-state index is 0.159. The summed E-state index contributed by atoms with van der Waals surface area (Å²) >= 11 is 0. The first-order chi connectivity index (χ1) is 10.2. The van der Waals surface area contributed by atoms with Crippen LogP contribution in [0, 0.1) is 0 Å². The molecule has 1 N–H and O–H groups in total. The molecule has 0 bridgehead atoms. The van der Waals surface area contributed by atoms with E-state index in [-0.39, 0.29) is 23.7 Å². The third-order valence-corrected chi connectivity index (χ3v) is 2.18. The zero-order chi connectivity index (χ0) is 16.8. The van der Waals surface area contributed by atoms with E-state index >= 15 is 0 Å². The summed E-state index contributed by atoms with van der Waals surface area (Å²) in [6, 6.07) is 4.17. The number of aldehydes is 1. The molecule has 0 heterocycles. The second-order valence-corrected chi connectivity index (χ2v) is 5.41. The molecular formula is C15H18O7. The lowest BCUT2D eigenvalue weighted by Gasteiger charge is -2.19. The number of hydrogen-bond acceptors (Lipinski definition) is 6. The standard InChI is InChI=1S/C15H18O7/c1-15(2,3)22-14(19)9-21-12-5-10(7-16)4-11(6-12)20-8-13(17)18/h4-7H,8-9H2,1-3H3,(H,17,18). The molecule has 0 amide bonds. The van der Waals surface area contributed by atoms with E-state index in [9.17, 15) is 14.4 Å². The fourth-order valence-electron chi connectivity index (χ4n) is 1.49. The molecule has 0 aromatic heterocycles. The predicted molar refractivity (Wildman–Crippen MR) is 76.3 cm³/mol. The number of ether oxygens (including phenoxy) is 3. The van der Waals surface area contributed by atoms with Gasteiger partial charge in [0.1, 0.15) is 23.4 Å². The molecule has 22 heavy (non-hydrogen) atoms. The molecule has 0 saturated heterocycles. The lowest BCUT2D eigenvalue weighted by atomic mass is 10.2. The average Bonchev–Trinajstić information content (AvgIpc) is 2.41. The van der Waals surface area contributed by atoms with Crippen LogP contribution in [0.1, 0.15) is 31.1 Å². The van der Waals surface area contributed by atoms with E-state index in [0.29, 0.717) is 6.29 Å². The number of carbonyl (C=O) groups is 3. The fourth-order valence-corrected chi connectivity index (χ4v) is 1.49. The Morgan fingerprint density at radius 2 is 1.64 bits per heavy atom. The van der Waals surface area contributed by atoms with Crippen LogP contribution in [0.15, 0.2) is 18.2 Å². The van der Waals surface area contributed by atoms with Gasteiger partial charge in [-0.15, -0.1) is 0 Å². The van der Waals surface area contributed by atoms with Crippen molar-refractivity contribution in [1.29, 1.82) is 0 Å². The molecule has 7 nitrogen and oxygen atoms in total. The SMILES string of the molecule is CC(C)(C)OC(=O)COc1cc(C=O)cc(OCC(=O)O)c1. The Morgan fingerprint density at radius 1 is 1.09 bits per heavy atom. The Hall–Kier alpha value is -2.57. The molecule has 0 saturated carbocycles. The summed E-state index contributed by atoms with van der Waals surface area (Å²) in [6.07, 6.45) is 0.563. The molecule has 1 aromatic carbocycles. The van der Waals surface area contributed by atoms with Crippen LogP contribution in [0.2, 0.25) is 0 Å². The van der Waals surface area contributed by atoms with Gasteiger partial charge in [-0.25, -0.2) is 9.59 Å². The zero-order valence-corrected chi connectivity index (χ0v) is 12.6. The minimum Gasteiger partial charge on any atom is -0.482 e. The van der Waals surface area contributed by atoms with E-state index in [0.717, 1.165) is 0 Å². The molecule has 120 valence electrons. The number of hydrogen-bond donors (Lipinski definition) is 1. The zero-order valence-electron chi connectivity index (χ0n) is 12.6. The number of carbonyl (C=O) groups excluding carboxylic acids is 2. The van der Waals surface area contributed by atoms with Gasteiger partial charge >= 0.3 is 11.9 Å². The lowest BCUT2D eigenvalue weighted by molar-refractivity contribution is -0.157. The van der Waals surface area contributed by atoms with Crippen LogP contribution in [-0.4, -0.2) is 42.1 Å². The highest BCUT2D eigenvalue weighted by atomic mass is 16.6. The number of benzene rings is 1. The van der Waals surface area contributed by atoms with Crippen LogP contribution in [0.4, 0.5) is 0 Å². The lowest BCUT2D eigenvalue weighted by Crippen LogP contribution is -2.27. The summed E-state index contributed by atoms with van der Waals surface area (Å²) in [5.41, 5.74) is -0.386. The van der Waals surface area contributed by atoms with Crippen molar-refractivity contribution in [2.24, 2.45) is 0 Å². The fraction of sp³-hybridized carbons (Fsp3) is 0.400. The molecule has 0 spiro atoms. The summed E-state index contributed by atoms with van der Waals surface area (Å²) in [7, 11) is 0. The van der Waals surface area contributed by atoms with Crippen LogP contribution in [-0.2, 0) is 14.3 Å². The summed E-state index contributed by atoms with van der Waals surface area (Å²) < 4.78 is 15.3. The van der Waals surface area contributed by atoms with Crippen LogP contribution >= 0.6 is 0 Å². The highest BCUT2D eigenvalue weighted by Crippen LogP contribution is 2.22. The second kappa shape index (κ2) is 7.44. The van der Waals surface area contributed by atoms with Gasteiger partial charge in [0.15, 0.2) is 13.2 Å². The van der Waals surface area contributed by atoms with Gasteiger partial charge in [0, 0.05) is 11.6 Å². The second-order valence-electron chi connectivity index (χ2n) is 5.41. The van der Waals surface area contributed by atoms with Gasteiger partial charge in [0.2, 0.25) is 0 Å². The molecule has 7 heteroatoms. The van der Waals surface area contributed by atoms with E-state index < -0.39 is 24.1 Å². The number of aliphatic carboxylic acids is 1. The maximum atomic E-state index is 11.6. The highest BCUT2D eigenvalue weighted by molar-refractivity contribution is 5.77. The molecule has 0 unspecified atom stereocenters. The summed E-state index contributed by atoms with van der Waals surface area (Å²) in [5, 5.41) is 8.57. The predicted octanol–water partition coefficient (Wildman–Crippen LogP) is 1.68. The molecule has 0 radical (unpaired) electrons. The molecule has 0 aliphatic heterocycles. The highest BCUT2D eigenvalue weighted by Gasteiger charge is 2.16. The third kappa shape index (κ3) is 6.74. The first kappa shape index (κ1) is 17.5. The van der Waals surface area contributed by atoms with Crippen molar-refractivity contribution >= 4 is 18.2 Å². The minimum atomic E-state index is -1.15. The van der Waals surface area contributed by atoms with Crippen molar-refractivity contribution in [1.82, 2.24) is 0 Å². The average molecular weight is 310 g/mol. The third-order valence-electron chi connectivity index (χ3n) is 2.18. The monoisotopic (exact) mass is 310 g/mol. The van der Waals surface area contributed by atoms with E-state index in [1.165, 1.54) is 18.2 Å². The van der Waals surface area contributed by atoms with Gasteiger partial charge < -0.3 is 19.3 Å². The molecule has 1 rings (SSSR count). The molecule has 0 fully saturated rings. The maximum Gasteiger partial charge on any atom is 0.344 e. The Labute approximate surface area is 127 Å². The summed E-state index contributed by atoms with van der Waals surface area (Å²) in [4.78, 5) is 32.9. The molecule has 0 atom stereocenters. The van der Waals surface area contributed by atoms with Crippen molar-refractivity contribution in [2.45, 2.75) is 26.4 Å². The van der Waals surface area contributed by atoms with Gasteiger partial charge in [-0.05, 0) is 32.9 Å². The van der Waals surface area contributed by atoms with E-state index in [1.54, 1.807) is 20.8 Å². The van der Waals surface area contributed by atoms with Crippen LogP contribution in [0.3, 0.4) is 0 Å². The van der Waals surface area contributed by atoms with Crippen LogP contribution in [0.25, 0.3) is 0 Å². The summed E-state index contributed by atoms with van der Waals surface area (Å²) in [5.74, 6) is -1.34. The van der Waals surface area contributed by atoms with Gasteiger partial charge in [0.25, 0.3) is 0 Å². The van der Waals surface area contributed by atoms with Gasteiger partial charge in [-0.1, -0.05) is 0 Å². The molecule has 0 aliphatic rings. The largest absolute Gasteiger partial charge is 0.482 e. The number of carboxylic acids is 1. The van der Waals surface area contributed by atoms with Crippen molar-refractivity contribution in [3.63, 3.8) is 0 Å². The van der Waals surface area contributed by atoms with E-state index in [2.05, 4.69) is 0 Å². The Kier molecular flexibility index (Phi) is 5.91. The topological polar surface area (TPSA) is 99.1 Å². The normalized spacial score (nSPS) is 10.7. The Morgan fingerprint density at radius 3 is 2.09 bits per heavy atom. The van der Waals surface area contributed by atoms with Crippen molar-refractivity contribution in [3.05, 3.63) is 23.8 Å². The quantitative estimate of drug-likeness (QED) is 0.604. The number of carboxylic acid groups (broad SMARTS) is 1.